The van der Waals surface area contributed by atoms with Crippen molar-refractivity contribution in [1.82, 2.24) is 0 Å². The molecule has 0 aliphatic carbocycles. The molecule has 0 fully saturated rings. The number of halogens is 1. The lowest BCUT2D eigenvalue weighted by Gasteiger charge is -2.27. The van der Waals surface area contributed by atoms with Gasteiger partial charge in [-0.1, -0.05) is 24.3 Å². The summed E-state index contributed by atoms with van der Waals surface area (Å²) < 4.78 is 19.3. The first-order valence-corrected chi connectivity index (χ1v) is 6.46. The molecule has 2 aromatic rings. The van der Waals surface area contributed by atoms with Crippen molar-refractivity contribution in [2.45, 2.75) is 12.3 Å². The average Bonchev–Trinajstić information content (AvgIpc) is 2.46. The van der Waals surface area contributed by atoms with E-state index in [0.29, 0.717) is 5.75 Å². The number of benzene rings is 2. The molecule has 1 unspecified atom stereocenters. The fraction of sp³-hybridized carbons (Fsp3) is 0.250. The van der Waals surface area contributed by atoms with Crippen LogP contribution in [0.3, 0.4) is 0 Å². The summed E-state index contributed by atoms with van der Waals surface area (Å²) in [6.07, 6.45) is 0.903. The van der Waals surface area contributed by atoms with E-state index >= 15 is 0 Å². The molecule has 0 spiro atoms. The maximum atomic E-state index is 14.2. The summed E-state index contributed by atoms with van der Waals surface area (Å²) in [6, 6.07) is 13.2. The maximum absolute atomic E-state index is 14.2. The highest BCUT2D eigenvalue weighted by Gasteiger charge is 2.23. The van der Waals surface area contributed by atoms with Crippen molar-refractivity contribution in [3.8, 4) is 5.75 Å². The van der Waals surface area contributed by atoms with E-state index < -0.39 is 0 Å². The molecule has 98 valence electrons. The van der Waals surface area contributed by atoms with Crippen LogP contribution in [0.25, 0.3) is 0 Å². The Morgan fingerprint density at radius 1 is 1.16 bits per heavy atom. The predicted octanol–water partition coefficient (Wildman–Crippen LogP) is 3.78. The molecule has 3 heteroatoms. The number of hydrogen-bond donors (Lipinski definition) is 1. The van der Waals surface area contributed by atoms with Crippen LogP contribution in [-0.2, 0) is 0 Å². The Balaban J connectivity index is 2.04. The van der Waals surface area contributed by atoms with Crippen molar-refractivity contribution in [3.05, 3.63) is 59.4 Å². The molecule has 0 amide bonds. The number of anilines is 1. The summed E-state index contributed by atoms with van der Waals surface area (Å²) in [5.41, 5.74) is 3.02. The highest BCUT2D eigenvalue weighted by atomic mass is 19.1. The molecule has 1 aliphatic rings. The van der Waals surface area contributed by atoms with Crippen LogP contribution in [0.15, 0.2) is 42.5 Å². The Morgan fingerprint density at radius 2 is 2.00 bits per heavy atom. The second-order valence-electron chi connectivity index (χ2n) is 4.74. The third-order valence-corrected chi connectivity index (χ3v) is 3.67. The highest BCUT2D eigenvalue weighted by Crippen LogP contribution is 2.37. The van der Waals surface area contributed by atoms with Crippen molar-refractivity contribution in [1.29, 1.82) is 0 Å². The van der Waals surface area contributed by atoms with Crippen molar-refractivity contribution in [2.24, 2.45) is 0 Å². The molecular weight excluding hydrogens is 241 g/mol. The number of methoxy groups -OCH3 is 1. The Morgan fingerprint density at radius 3 is 2.79 bits per heavy atom. The first kappa shape index (κ1) is 12.0. The van der Waals surface area contributed by atoms with Gasteiger partial charge in [0.1, 0.15) is 11.6 Å². The van der Waals surface area contributed by atoms with Gasteiger partial charge in [0.05, 0.1) is 7.11 Å². The maximum Gasteiger partial charge on any atom is 0.130 e. The van der Waals surface area contributed by atoms with E-state index in [1.54, 1.807) is 7.11 Å². The fourth-order valence-corrected chi connectivity index (χ4v) is 2.71. The molecular formula is C16H16FNO. The largest absolute Gasteiger partial charge is 0.497 e. The zero-order valence-corrected chi connectivity index (χ0v) is 10.8. The molecule has 0 saturated carbocycles. The van der Waals surface area contributed by atoms with E-state index in [9.17, 15) is 4.39 Å². The van der Waals surface area contributed by atoms with E-state index in [2.05, 4.69) is 11.4 Å². The second-order valence-corrected chi connectivity index (χ2v) is 4.74. The first-order chi connectivity index (χ1) is 9.29. The van der Waals surface area contributed by atoms with E-state index in [1.807, 2.05) is 30.3 Å². The van der Waals surface area contributed by atoms with Gasteiger partial charge in [-0.05, 0) is 29.7 Å². The van der Waals surface area contributed by atoms with Crippen molar-refractivity contribution in [2.75, 3.05) is 19.0 Å². The van der Waals surface area contributed by atoms with E-state index in [0.717, 1.165) is 29.8 Å². The van der Waals surface area contributed by atoms with Crippen LogP contribution in [0.5, 0.6) is 5.75 Å². The van der Waals surface area contributed by atoms with Gasteiger partial charge in [0.2, 0.25) is 0 Å². The van der Waals surface area contributed by atoms with Crippen molar-refractivity contribution >= 4 is 5.69 Å². The average molecular weight is 257 g/mol. The SMILES string of the molecule is COc1ccc(C2CCNc3ccccc32)c(F)c1. The summed E-state index contributed by atoms with van der Waals surface area (Å²) >= 11 is 0. The summed E-state index contributed by atoms with van der Waals surface area (Å²) in [7, 11) is 1.55. The summed E-state index contributed by atoms with van der Waals surface area (Å²) in [6.45, 7) is 0.868. The van der Waals surface area contributed by atoms with Gasteiger partial charge in [0.15, 0.2) is 0 Å². The van der Waals surface area contributed by atoms with Crippen LogP contribution in [0, 0.1) is 5.82 Å². The Bertz CT molecular complexity index is 597. The minimum absolute atomic E-state index is 0.114. The summed E-state index contributed by atoms with van der Waals surface area (Å²) in [5, 5.41) is 3.36. The molecule has 1 aliphatic heterocycles. The molecule has 0 radical (unpaired) electrons. The standard InChI is InChI=1S/C16H16FNO/c1-19-11-6-7-13(15(17)10-11)12-8-9-18-16-5-3-2-4-14(12)16/h2-7,10,12,18H,8-9H2,1H3. The molecule has 1 atom stereocenters. The minimum atomic E-state index is -0.193. The van der Waals surface area contributed by atoms with Gasteiger partial charge in [0.25, 0.3) is 0 Å². The first-order valence-electron chi connectivity index (χ1n) is 6.46. The fourth-order valence-electron chi connectivity index (χ4n) is 2.71. The van der Waals surface area contributed by atoms with Crippen molar-refractivity contribution < 1.29 is 9.13 Å². The number of ether oxygens (including phenoxy) is 1. The predicted molar refractivity (Wildman–Crippen MR) is 74.3 cm³/mol. The quantitative estimate of drug-likeness (QED) is 0.884. The summed E-state index contributed by atoms with van der Waals surface area (Å²) in [5.74, 6) is 0.480. The molecule has 0 aromatic heterocycles. The lowest BCUT2D eigenvalue weighted by atomic mass is 9.85. The molecule has 2 aromatic carbocycles. The van der Waals surface area contributed by atoms with Gasteiger partial charge in [-0.25, -0.2) is 4.39 Å². The molecule has 0 bridgehead atoms. The van der Waals surface area contributed by atoms with Crippen LogP contribution in [0.1, 0.15) is 23.5 Å². The Kier molecular flexibility index (Phi) is 3.11. The number of hydrogen-bond acceptors (Lipinski definition) is 2. The zero-order chi connectivity index (χ0) is 13.2. The van der Waals surface area contributed by atoms with Gasteiger partial charge >= 0.3 is 0 Å². The molecule has 3 rings (SSSR count). The van der Waals surface area contributed by atoms with Crippen LogP contribution in [0.4, 0.5) is 10.1 Å². The monoisotopic (exact) mass is 257 g/mol. The topological polar surface area (TPSA) is 21.3 Å². The van der Waals surface area contributed by atoms with Gasteiger partial charge in [-0.3, -0.25) is 0 Å². The molecule has 0 saturated heterocycles. The highest BCUT2D eigenvalue weighted by molar-refractivity contribution is 5.57. The van der Waals surface area contributed by atoms with Crippen LogP contribution in [-0.4, -0.2) is 13.7 Å². The molecule has 2 nitrogen and oxygen atoms in total. The third-order valence-electron chi connectivity index (χ3n) is 3.67. The normalized spacial score (nSPS) is 17.5. The van der Waals surface area contributed by atoms with Crippen LogP contribution >= 0.6 is 0 Å². The van der Waals surface area contributed by atoms with E-state index in [4.69, 9.17) is 4.74 Å². The van der Waals surface area contributed by atoms with E-state index in [-0.39, 0.29) is 11.7 Å². The number of fused-ring (bicyclic) bond motifs is 1. The van der Waals surface area contributed by atoms with Crippen LogP contribution < -0.4 is 10.1 Å². The Hall–Kier alpha value is -2.03. The van der Waals surface area contributed by atoms with Crippen molar-refractivity contribution in [3.63, 3.8) is 0 Å². The minimum Gasteiger partial charge on any atom is -0.497 e. The van der Waals surface area contributed by atoms with Gasteiger partial charge < -0.3 is 10.1 Å². The molecule has 19 heavy (non-hydrogen) atoms. The molecule has 1 N–H and O–H groups in total. The number of para-hydroxylation sites is 1. The smallest absolute Gasteiger partial charge is 0.130 e. The molecule has 1 heterocycles. The van der Waals surface area contributed by atoms with Gasteiger partial charge in [-0.2, -0.15) is 0 Å². The van der Waals surface area contributed by atoms with Gasteiger partial charge in [-0.15, -0.1) is 0 Å². The lowest BCUT2D eigenvalue weighted by molar-refractivity contribution is 0.410. The Labute approximate surface area is 112 Å². The van der Waals surface area contributed by atoms with Crippen LogP contribution in [0.2, 0.25) is 0 Å². The lowest BCUT2D eigenvalue weighted by Crippen LogP contribution is -2.18. The number of rotatable bonds is 2. The number of nitrogens with one attached hydrogen (secondary N) is 1. The summed E-state index contributed by atoms with van der Waals surface area (Å²) in [4.78, 5) is 0. The van der Waals surface area contributed by atoms with E-state index in [1.165, 1.54) is 6.07 Å². The van der Waals surface area contributed by atoms with Gasteiger partial charge in [0, 0.05) is 24.2 Å². The third kappa shape index (κ3) is 2.16. The zero-order valence-electron chi connectivity index (χ0n) is 10.8. The second kappa shape index (κ2) is 4.92.